The lowest BCUT2D eigenvalue weighted by molar-refractivity contribution is -0.0491. The van der Waals surface area contributed by atoms with E-state index in [-0.39, 0.29) is 25.2 Å². The van der Waals surface area contributed by atoms with E-state index < -0.39 is 0 Å². The fraction of sp³-hybridized carbons (Fsp3) is 1.00. The number of methoxy groups -OCH3 is 1. The first-order valence-electron chi connectivity index (χ1n) is 4.60. The molecule has 4 nitrogen and oxygen atoms in total. The molecule has 0 saturated carbocycles. The summed E-state index contributed by atoms with van der Waals surface area (Å²) >= 11 is 0. The zero-order valence-electron chi connectivity index (χ0n) is 8.40. The van der Waals surface area contributed by atoms with E-state index in [1.807, 2.05) is 6.92 Å². The Morgan fingerprint density at radius 1 is 1.15 bits per heavy atom. The first-order valence-corrected chi connectivity index (χ1v) is 4.60. The van der Waals surface area contributed by atoms with E-state index in [1.54, 1.807) is 7.11 Å². The molecule has 0 aromatic heterocycles. The summed E-state index contributed by atoms with van der Waals surface area (Å²) in [6.07, 6.45) is 0.604. The van der Waals surface area contributed by atoms with E-state index in [0.29, 0.717) is 13.2 Å². The second-order valence-corrected chi connectivity index (χ2v) is 3.05. The topological polar surface area (TPSA) is 58.9 Å². The van der Waals surface area contributed by atoms with E-state index in [0.717, 1.165) is 6.42 Å². The molecular formula is C9H20O4. The summed E-state index contributed by atoms with van der Waals surface area (Å²) in [5, 5.41) is 17.7. The molecule has 0 fully saturated rings. The van der Waals surface area contributed by atoms with Crippen molar-refractivity contribution in [1.82, 2.24) is 0 Å². The Balaban J connectivity index is 3.56. The van der Waals surface area contributed by atoms with Crippen LogP contribution in [0.2, 0.25) is 0 Å². The number of aliphatic hydroxyl groups excluding tert-OH is 2. The second kappa shape index (κ2) is 8.44. The number of rotatable bonds is 8. The minimum atomic E-state index is -0.273. The molecule has 0 spiro atoms. The Morgan fingerprint density at radius 3 is 2.23 bits per heavy atom. The maximum atomic E-state index is 8.87. The monoisotopic (exact) mass is 192 g/mol. The van der Waals surface area contributed by atoms with Crippen molar-refractivity contribution in [3.05, 3.63) is 0 Å². The van der Waals surface area contributed by atoms with Gasteiger partial charge in [-0.05, 0) is 6.42 Å². The molecule has 2 N–H and O–H groups in total. The van der Waals surface area contributed by atoms with E-state index in [4.69, 9.17) is 19.7 Å². The molecule has 4 heteroatoms. The molecule has 0 heterocycles. The quantitative estimate of drug-likeness (QED) is 0.569. The molecule has 0 rings (SSSR count). The normalized spacial score (nSPS) is 15.7. The zero-order valence-corrected chi connectivity index (χ0v) is 8.40. The van der Waals surface area contributed by atoms with Crippen molar-refractivity contribution < 1.29 is 19.7 Å². The third kappa shape index (κ3) is 5.99. The van der Waals surface area contributed by atoms with Crippen LogP contribution < -0.4 is 0 Å². The van der Waals surface area contributed by atoms with Crippen LogP contribution in [0.3, 0.4) is 0 Å². The maximum Gasteiger partial charge on any atom is 0.104 e. The zero-order chi connectivity index (χ0) is 10.1. The molecule has 0 aliphatic heterocycles. The van der Waals surface area contributed by atoms with Crippen molar-refractivity contribution in [2.75, 3.05) is 33.5 Å². The fourth-order valence-corrected chi connectivity index (χ4v) is 0.911. The third-order valence-electron chi connectivity index (χ3n) is 1.96. The van der Waals surface area contributed by atoms with Crippen LogP contribution in [0.4, 0.5) is 0 Å². The molecule has 0 aliphatic carbocycles. The minimum Gasteiger partial charge on any atom is -0.396 e. The smallest absolute Gasteiger partial charge is 0.104 e. The molecular weight excluding hydrogens is 172 g/mol. The molecule has 80 valence electrons. The van der Waals surface area contributed by atoms with E-state index in [9.17, 15) is 0 Å². The highest BCUT2D eigenvalue weighted by Gasteiger charge is 2.10. The van der Waals surface area contributed by atoms with Crippen molar-refractivity contribution in [3.63, 3.8) is 0 Å². The maximum absolute atomic E-state index is 8.87. The van der Waals surface area contributed by atoms with Gasteiger partial charge >= 0.3 is 0 Å². The van der Waals surface area contributed by atoms with Gasteiger partial charge in [0, 0.05) is 19.6 Å². The molecule has 2 atom stereocenters. The summed E-state index contributed by atoms with van der Waals surface area (Å²) in [7, 11) is 1.56. The standard InChI is InChI=1S/C9H20O4/c1-3-8(4-10)6-13-9(5-11)7-12-2/h8-11H,3-7H2,1-2H3. The molecule has 0 amide bonds. The van der Waals surface area contributed by atoms with Crippen molar-refractivity contribution in [3.8, 4) is 0 Å². The second-order valence-electron chi connectivity index (χ2n) is 3.05. The molecule has 0 aliphatic rings. The fourth-order valence-electron chi connectivity index (χ4n) is 0.911. The summed E-state index contributed by atoms with van der Waals surface area (Å²) in [4.78, 5) is 0. The van der Waals surface area contributed by atoms with Crippen LogP contribution in [0, 0.1) is 5.92 Å². The molecule has 2 unspecified atom stereocenters. The van der Waals surface area contributed by atoms with Gasteiger partial charge in [0.1, 0.15) is 6.10 Å². The van der Waals surface area contributed by atoms with Gasteiger partial charge in [-0.3, -0.25) is 0 Å². The molecule has 0 radical (unpaired) electrons. The summed E-state index contributed by atoms with van der Waals surface area (Å²) in [5.41, 5.74) is 0. The summed E-state index contributed by atoms with van der Waals surface area (Å²) < 4.78 is 10.2. The predicted molar refractivity (Wildman–Crippen MR) is 49.6 cm³/mol. The Labute approximate surface area is 79.5 Å². The SMILES string of the molecule is CCC(CO)COC(CO)COC. The molecule has 0 saturated heterocycles. The Morgan fingerprint density at radius 2 is 1.85 bits per heavy atom. The summed E-state index contributed by atoms with van der Waals surface area (Å²) in [6.45, 7) is 2.94. The highest BCUT2D eigenvalue weighted by molar-refractivity contribution is 4.58. The van der Waals surface area contributed by atoms with Gasteiger partial charge in [-0.25, -0.2) is 0 Å². The van der Waals surface area contributed by atoms with Gasteiger partial charge in [0.15, 0.2) is 0 Å². The lowest BCUT2D eigenvalue weighted by Crippen LogP contribution is -2.27. The van der Waals surface area contributed by atoms with Crippen LogP contribution in [0.1, 0.15) is 13.3 Å². The van der Waals surface area contributed by atoms with Gasteiger partial charge in [-0.2, -0.15) is 0 Å². The van der Waals surface area contributed by atoms with Crippen molar-refractivity contribution in [2.24, 2.45) is 5.92 Å². The van der Waals surface area contributed by atoms with Gasteiger partial charge in [-0.1, -0.05) is 6.92 Å². The summed E-state index contributed by atoms with van der Waals surface area (Å²) in [5.74, 6) is 0.158. The van der Waals surface area contributed by atoms with Gasteiger partial charge in [0.05, 0.1) is 19.8 Å². The number of hydrogen-bond donors (Lipinski definition) is 2. The first kappa shape index (κ1) is 12.8. The predicted octanol–water partition coefficient (Wildman–Crippen LogP) is 0.0288. The molecule has 13 heavy (non-hydrogen) atoms. The summed E-state index contributed by atoms with van der Waals surface area (Å²) in [6, 6.07) is 0. The van der Waals surface area contributed by atoms with Crippen molar-refractivity contribution in [2.45, 2.75) is 19.4 Å². The van der Waals surface area contributed by atoms with Crippen molar-refractivity contribution >= 4 is 0 Å². The highest BCUT2D eigenvalue weighted by atomic mass is 16.5. The van der Waals surface area contributed by atoms with Crippen LogP contribution in [-0.2, 0) is 9.47 Å². The average Bonchev–Trinajstić information content (AvgIpc) is 2.17. The van der Waals surface area contributed by atoms with Crippen molar-refractivity contribution in [1.29, 1.82) is 0 Å². The van der Waals surface area contributed by atoms with Crippen LogP contribution in [0.25, 0.3) is 0 Å². The number of aliphatic hydroxyl groups is 2. The first-order chi connectivity index (χ1) is 6.28. The van der Waals surface area contributed by atoms with Crippen LogP contribution in [-0.4, -0.2) is 49.9 Å². The lowest BCUT2D eigenvalue weighted by Gasteiger charge is -2.18. The van der Waals surface area contributed by atoms with Crippen LogP contribution in [0.15, 0.2) is 0 Å². The Kier molecular flexibility index (Phi) is 8.33. The van der Waals surface area contributed by atoms with E-state index in [1.165, 1.54) is 0 Å². The lowest BCUT2D eigenvalue weighted by atomic mass is 10.1. The van der Waals surface area contributed by atoms with Crippen LogP contribution in [0.5, 0.6) is 0 Å². The Bertz CT molecular complexity index is 104. The molecule has 0 aromatic carbocycles. The van der Waals surface area contributed by atoms with E-state index >= 15 is 0 Å². The minimum absolute atomic E-state index is 0.0459. The molecule has 0 bridgehead atoms. The van der Waals surface area contributed by atoms with Gasteiger partial charge in [-0.15, -0.1) is 0 Å². The average molecular weight is 192 g/mol. The van der Waals surface area contributed by atoms with E-state index in [2.05, 4.69) is 0 Å². The third-order valence-corrected chi connectivity index (χ3v) is 1.96. The largest absolute Gasteiger partial charge is 0.396 e. The Hall–Kier alpha value is -0.160. The number of ether oxygens (including phenoxy) is 2. The van der Waals surface area contributed by atoms with Gasteiger partial charge < -0.3 is 19.7 Å². The van der Waals surface area contributed by atoms with Crippen LogP contribution >= 0.6 is 0 Å². The molecule has 0 aromatic rings. The highest BCUT2D eigenvalue weighted by Crippen LogP contribution is 2.03. The van der Waals surface area contributed by atoms with Gasteiger partial charge in [0.25, 0.3) is 0 Å². The van der Waals surface area contributed by atoms with Gasteiger partial charge in [0.2, 0.25) is 0 Å². The number of hydrogen-bond acceptors (Lipinski definition) is 4.